The first-order valence-electron chi connectivity index (χ1n) is 8.34. The summed E-state index contributed by atoms with van der Waals surface area (Å²) in [5, 5.41) is 15.5. The SMILES string of the molecule is Cn1nnnc1SCCNCc1cc(Br)ccc1OCc1ccccc1F. The molecule has 0 fully saturated rings. The van der Waals surface area contributed by atoms with Crippen LogP contribution in [-0.4, -0.2) is 32.5 Å². The average molecular weight is 452 g/mol. The Bertz CT molecular complexity index is 892. The van der Waals surface area contributed by atoms with Gasteiger partial charge in [-0.05, 0) is 34.7 Å². The van der Waals surface area contributed by atoms with Crippen molar-refractivity contribution in [3.05, 3.63) is 63.9 Å². The van der Waals surface area contributed by atoms with Crippen molar-refractivity contribution in [2.75, 3.05) is 12.3 Å². The number of nitrogens with zero attached hydrogens (tertiary/aromatic N) is 4. The number of tetrazole rings is 1. The van der Waals surface area contributed by atoms with E-state index in [1.54, 1.807) is 34.6 Å². The molecule has 1 N–H and O–H groups in total. The van der Waals surface area contributed by atoms with Crippen LogP contribution in [0.1, 0.15) is 11.1 Å². The third-order valence-electron chi connectivity index (χ3n) is 3.77. The molecule has 0 atom stereocenters. The van der Waals surface area contributed by atoms with Gasteiger partial charge in [0.05, 0.1) is 0 Å². The second-order valence-corrected chi connectivity index (χ2v) is 7.72. The van der Waals surface area contributed by atoms with E-state index in [-0.39, 0.29) is 12.4 Å². The van der Waals surface area contributed by atoms with Crippen LogP contribution >= 0.6 is 27.7 Å². The van der Waals surface area contributed by atoms with Crippen LogP contribution in [0.25, 0.3) is 0 Å². The first kappa shape index (κ1) is 19.8. The molecular formula is C18H19BrFN5OS. The monoisotopic (exact) mass is 451 g/mol. The van der Waals surface area contributed by atoms with Crippen molar-refractivity contribution in [2.24, 2.45) is 7.05 Å². The number of ether oxygens (including phenoxy) is 1. The van der Waals surface area contributed by atoms with E-state index in [0.717, 1.165) is 33.2 Å². The molecule has 0 amide bonds. The topological polar surface area (TPSA) is 64.9 Å². The van der Waals surface area contributed by atoms with Gasteiger partial charge in [0.1, 0.15) is 18.2 Å². The van der Waals surface area contributed by atoms with Gasteiger partial charge in [-0.2, -0.15) is 0 Å². The molecule has 0 bridgehead atoms. The van der Waals surface area contributed by atoms with Crippen LogP contribution in [0.5, 0.6) is 5.75 Å². The number of aryl methyl sites for hydroxylation is 1. The van der Waals surface area contributed by atoms with Crippen LogP contribution in [0.2, 0.25) is 0 Å². The first-order valence-corrected chi connectivity index (χ1v) is 10.1. The highest BCUT2D eigenvalue weighted by atomic mass is 79.9. The third-order valence-corrected chi connectivity index (χ3v) is 5.28. The Morgan fingerprint density at radius 2 is 2.07 bits per heavy atom. The Labute approximate surface area is 169 Å². The van der Waals surface area contributed by atoms with Crippen molar-refractivity contribution in [2.45, 2.75) is 18.3 Å². The smallest absolute Gasteiger partial charge is 0.209 e. The lowest BCUT2D eigenvalue weighted by Crippen LogP contribution is -2.17. The van der Waals surface area contributed by atoms with Crippen LogP contribution < -0.4 is 10.1 Å². The fraction of sp³-hybridized carbons (Fsp3) is 0.278. The van der Waals surface area contributed by atoms with Crippen LogP contribution in [0.15, 0.2) is 52.1 Å². The molecule has 0 radical (unpaired) electrons. The molecule has 0 aliphatic rings. The van der Waals surface area contributed by atoms with Crippen LogP contribution in [0.4, 0.5) is 4.39 Å². The highest BCUT2D eigenvalue weighted by Gasteiger charge is 2.08. The van der Waals surface area contributed by atoms with E-state index in [1.165, 1.54) is 6.07 Å². The molecule has 3 aromatic rings. The van der Waals surface area contributed by atoms with E-state index >= 15 is 0 Å². The standard InChI is InChI=1S/C18H19BrFN5OS/c1-25-18(22-23-24-25)27-9-8-21-11-14-10-15(19)6-7-17(14)26-12-13-4-2-3-5-16(13)20/h2-7,10,21H,8-9,11-12H2,1H3. The maximum atomic E-state index is 13.8. The quantitative estimate of drug-likeness (QED) is 0.396. The molecule has 0 saturated carbocycles. The van der Waals surface area contributed by atoms with Gasteiger partial charge in [0.15, 0.2) is 0 Å². The van der Waals surface area contributed by atoms with Crippen LogP contribution in [0.3, 0.4) is 0 Å². The summed E-state index contributed by atoms with van der Waals surface area (Å²) in [5.41, 5.74) is 1.54. The predicted molar refractivity (Wildman–Crippen MR) is 106 cm³/mol. The van der Waals surface area contributed by atoms with E-state index in [9.17, 15) is 4.39 Å². The van der Waals surface area contributed by atoms with Gasteiger partial charge in [0.25, 0.3) is 0 Å². The van der Waals surface area contributed by atoms with Crippen molar-refractivity contribution in [1.82, 2.24) is 25.5 Å². The van der Waals surface area contributed by atoms with Gasteiger partial charge >= 0.3 is 0 Å². The number of aromatic nitrogens is 4. The second kappa shape index (κ2) is 9.82. The average Bonchev–Trinajstić information content (AvgIpc) is 3.07. The lowest BCUT2D eigenvalue weighted by Gasteiger charge is -2.13. The van der Waals surface area contributed by atoms with E-state index in [2.05, 4.69) is 36.8 Å². The fourth-order valence-electron chi connectivity index (χ4n) is 2.38. The molecule has 0 unspecified atom stereocenters. The number of nitrogens with one attached hydrogen (secondary N) is 1. The number of thioether (sulfide) groups is 1. The summed E-state index contributed by atoms with van der Waals surface area (Å²) in [6.07, 6.45) is 0. The second-order valence-electron chi connectivity index (χ2n) is 5.74. The normalized spacial score (nSPS) is 10.9. The predicted octanol–water partition coefficient (Wildman–Crippen LogP) is 3.57. The highest BCUT2D eigenvalue weighted by Crippen LogP contribution is 2.24. The molecule has 142 valence electrons. The van der Waals surface area contributed by atoms with Crippen molar-refractivity contribution in [3.8, 4) is 5.75 Å². The molecule has 3 rings (SSSR count). The zero-order valence-corrected chi connectivity index (χ0v) is 17.1. The summed E-state index contributed by atoms with van der Waals surface area (Å²) < 4.78 is 22.2. The molecule has 0 spiro atoms. The lowest BCUT2D eigenvalue weighted by atomic mass is 10.2. The van der Waals surface area contributed by atoms with Crippen LogP contribution in [-0.2, 0) is 20.2 Å². The summed E-state index contributed by atoms with van der Waals surface area (Å²) in [7, 11) is 1.82. The van der Waals surface area contributed by atoms with Gasteiger partial charge in [0.2, 0.25) is 5.16 Å². The lowest BCUT2D eigenvalue weighted by molar-refractivity contribution is 0.296. The summed E-state index contributed by atoms with van der Waals surface area (Å²) >= 11 is 5.08. The van der Waals surface area contributed by atoms with E-state index in [4.69, 9.17) is 4.74 Å². The summed E-state index contributed by atoms with van der Waals surface area (Å²) in [4.78, 5) is 0. The number of halogens is 2. The molecule has 6 nitrogen and oxygen atoms in total. The maximum Gasteiger partial charge on any atom is 0.209 e. The number of benzene rings is 2. The van der Waals surface area contributed by atoms with Gasteiger partial charge in [-0.1, -0.05) is 45.9 Å². The first-order chi connectivity index (χ1) is 13.1. The zero-order valence-electron chi connectivity index (χ0n) is 14.7. The van der Waals surface area contributed by atoms with E-state index in [0.29, 0.717) is 12.1 Å². The highest BCUT2D eigenvalue weighted by molar-refractivity contribution is 9.10. The van der Waals surface area contributed by atoms with Crippen molar-refractivity contribution < 1.29 is 9.13 Å². The van der Waals surface area contributed by atoms with Gasteiger partial charge in [0, 0.05) is 41.5 Å². The number of hydrogen-bond acceptors (Lipinski definition) is 6. The van der Waals surface area contributed by atoms with Crippen molar-refractivity contribution >= 4 is 27.7 Å². The van der Waals surface area contributed by atoms with Crippen molar-refractivity contribution in [3.63, 3.8) is 0 Å². The minimum absolute atomic E-state index is 0.191. The Morgan fingerprint density at radius 3 is 2.85 bits per heavy atom. The summed E-state index contributed by atoms with van der Waals surface area (Å²) in [6, 6.07) is 12.4. The molecule has 0 aliphatic carbocycles. The van der Waals surface area contributed by atoms with E-state index < -0.39 is 0 Å². The number of hydrogen-bond donors (Lipinski definition) is 1. The molecule has 0 saturated heterocycles. The Kier molecular flexibility index (Phi) is 7.19. The van der Waals surface area contributed by atoms with E-state index in [1.807, 2.05) is 25.2 Å². The zero-order chi connectivity index (χ0) is 19.1. The summed E-state index contributed by atoms with van der Waals surface area (Å²) in [6.45, 7) is 1.62. The van der Waals surface area contributed by atoms with Gasteiger partial charge in [-0.3, -0.25) is 0 Å². The Balaban J connectivity index is 1.52. The number of rotatable bonds is 9. The van der Waals surface area contributed by atoms with Gasteiger partial charge < -0.3 is 10.1 Å². The maximum absolute atomic E-state index is 13.8. The van der Waals surface area contributed by atoms with Gasteiger partial charge in [-0.25, -0.2) is 9.07 Å². The van der Waals surface area contributed by atoms with Gasteiger partial charge in [-0.15, -0.1) is 5.10 Å². The Morgan fingerprint density at radius 1 is 1.22 bits per heavy atom. The molecular weight excluding hydrogens is 433 g/mol. The molecule has 9 heteroatoms. The Hall–Kier alpha value is -1.97. The largest absolute Gasteiger partial charge is 0.488 e. The minimum Gasteiger partial charge on any atom is -0.488 e. The summed E-state index contributed by atoms with van der Waals surface area (Å²) in [5.74, 6) is 1.32. The molecule has 1 aromatic heterocycles. The molecule has 0 aliphatic heterocycles. The van der Waals surface area contributed by atoms with Crippen molar-refractivity contribution in [1.29, 1.82) is 0 Å². The third kappa shape index (κ3) is 5.75. The fourth-order valence-corrected chi connectivity index (χ4v) is 3.53. The minimum atomic E-state index is -0.260. The molecule has 27 heavy (non-hydrogen) atoms. The molecule has 2 aromatic carbocycles. The van der Waals surface area contributed by atoms with Crippen LogP contribution in [0, 0.1) is 5.82 Å². The molecule has 1 heterocycles.